The van der Waals surface area contributed by atoms with Gasteiger partial charge in [-0.3, -0.25) is 0 Å². The van der Waals surface area contributed by atoms with E-state index in [2.05, 4.69) is 5.32 Å². The molecule has 0 radical (unpaired) electrons. The van der Waals surface area contributed by atoms with E-state index in [-0.39, 0.29) is 6.04 Å². The molecule has 2 rings (SSSR count). The number of hydrogen-bond donors (Lipinski definition) is 1. The van der Waals surface area contributed by atoms with Crippen LogP contribution in [0.5, 0.6) is 0 Å². The van der Waals surface area contributed by atoms with Crippen LogP contribution in [0.2, 0.25) is 0 Å². The summed E-state index contributed by atoms with van der Waals surface area (Å²) in [7, 11) is 1.93. The zero-order valence-corrected chi connectivity index (χ0v) is 11.6. The largest absolute Gasteiger partial charge is 0.317 e. The van der Waals surface area contributed by atoms with Gasteiger partial charge in [-0.15, -0.1) is 0 Å². The third-order valence-corrected chi connectivity index (χ3v) is 4.23. The van der Waals surface area contributed by atoms with E-state index in [1.165, 1.54) is 38.2 Å². The molecule has 1 saturated carbocycles. The Balaban J connectivity index is 1.94. The quantitative estimate of drug-likeness (QED) is 0.848. The molecule has 1 aromatic rings. The third-order valence-electron chi connectivity index (χ3n) is 4.23. The lowest BCUT2D eigenvalue weighted by atomic mass is 9.83. The van der Waals surface area contributed by atoms with Crippen molar-refractivity contribution in [3.63, 3.8) is 0 Å². The molecule has 0 aliphatic heterocycles. The number of rotatable bonds is 5. The second kappa shape index (κ2) is 6.99. The molecule has 106 valence electrons. The molecule has 1 unspecified atom stereocenters. The summed E-state index contributed by atoms with van der Waals surface area (Å²) in [5, 5.41) is 3.28. The van der Waals surface area contributed by atoms with Crippen molar-refractivity contribution in [3.8, 4) is 0 Å². The van der Waals surface area contributed by atoms with Crippen LogP contribution in [-0.4, -0.2) is 13.1 Å². The molecular weight excluding hydrogens is 244 g/mol. The van der Waals surface area contributed by atoms with Crippen molar-refractivity contribution in [1.29, 1.82) is 0 Å². The van der Waals surface area contributed by atoms with Crippen molar-refractivity contribution in [2.45, 2.75) is 51.0 Å². The first-order valence-corrected chi connectivity index (χ1v) is 7.30. The van der Waals surface area contributed by atoms with Crippen molar-refractivity contribution in [3.05, 3.63) is 35.4 Å². The molecular formula is C16H23F2N. The van der Waals surface area contributed by atoms with Gasteiger partial charge in [0.05, 0.1) is 0 Å². The molecule has 1 aliphatic rings. The van der Waals surface area contributed by atoms with Crippen LogP contribution >= 0.6 is 0 Å². The maximum absolute atomic E-state index is 13.7. The van der Waals surface area contributed by atoms with Crippen LogP contribution in [0.3, 0.4) is 0 Å². The minimum absolute atomic E-state index is 0.281. The Morgan fingerprint density at radius 1 is 1.21 bits per heavy atom. The summed E-state index contributed by atoms with van der Waals surface area (Å²) in [5.74, 6) is -0.173. The molecule has 1 aliphatic carbocycles. The zero-order chi connectivity index (χ0) is 13.7. The monoisotopic (exact) mass is 267 g/mol. The summed E-state index contributed by atoms with van der Waals surface area (Å²) in [4.78, 5) is 0. The van der Waals surface area contributed by atoms with Gasteiger partial charge < -0.3 is 5.32 Å². The normalized spacial score (nSPS) is 18.5. The van der Waals surface area contributed by atoms with Crippen molar-refractivity contribution in [2.75, 3.05) is 7.05 Å². The van der Waals surface area contributed by atoms with Crippen LogP contribution in [0.15, 0.2) is 18.2 Å². The predicted octanol–water partition coefficient (Wildman–Crippen LogP) is 4.07. The van der Waals surface area contributed by atoms with Gasteiger partial charge in [-0.05, 0) is 37.4 Å². The summed E-state index contributed by atoms with van der Waals surface area (Å²) < 4.78 is 26.5. The SMILES string of the molecule is CNC(Cc1ccc(F)cc1F)CC1CCCCC1. The second-order valence-corrected chi connectivity index (χ2v) is 5.67. The van der Waals surface area contributed by atoms with Crippen molar-refractivity contribution < 1.29 is 8.78 Å². The van der Waals surface area contributed by atoms with E-state index < -0.39 is 11.6 Å². The van der Waals surface area contributed by atoms with E-state index in [0.29, 0.717) is 12.0 Å². The zero-order valence-electron chi connectivity index (χ0n) is 11.6. The van der Waals surface area contributed by atoms with Gasteiger partial charge in [-0.1, -0.05) is 38.2 Å². The Bertz CT molecular complexity index is 400. The molecule has 1 aromatic carbocycles. The average Bonchev–Trinajstić information content (AvgIpc) is 2.42. The number of benzene rings is 1. The van der Waals surface area contributed by atoms with Crippen LogP contribution in [0, 0.1) is 17.6 Å². The van der Waals surface area contributed by atoms with Crippen molar-refractivity contribution in [2.24, 2.45) is 5.92 Å². The van der Waals surface area contributed by atoms with Gasteiger partial charge in [0.1, 0.15) is 11.6 Å². The highest BCUT2D eigenvalue weighted by molar-refractivity contribution is 5.19. The number of nitrogens with one attached hydrogen (secondary N) is 1. The highest BCUT2D eigenvalue weighted by atomic mass is 19.1. The maximum atomic E-state index is 13.7. The Labute approximate surface area is 114 Å². The molecule has 0 bridgehead atoms. The molecule has 1 fully saturated rings. The molecule has 1 nitrogen and oxygen atoms in total. The molecule has 1 atom stereocenters. The summed E-state index contributed by atoms with van der Waals surface area (Å²) in [6.07, 6.45) is 8.33. The fraction of sp³-hybridized carbons (Fsp3) is 0.625. The molecule has 0 saturated heterocycles. The Morgan fingerprint density at radius 3 is 2.58 bits per heavy atom. The fourth-order valence-corrected chi connectivity index (χ4v) is 3.08. The van der Waals surface area contributed by atoms with Crippen molar-refractivity contribution >= 4 is 0 Å². The van der Waals surface area contributed by atoms with E-state index >= 15 is 0 Å². The van der Waals surface area contributed by atoms with Crippen molar-refractivity contribution in [1.82, 2.24) is 5.32 Å². The molecule has 19 heavy (non-hydrogen) atoms. The van der Waals surface area contributed by atoms with E-state index in [4.69, 9.17) is 0 Å². The summed E-state index contributed by atoms with van der Waals surface area (Å²) >= 11 is 0. The highest BCUT2D eigenvalue weighted by Gasteiger charge is 2.19. The first-order valence-electron chi connectivity index (χ1n) is 7.30. The van der Waals surface area contributed by atoms with Crippen LogP contribution in [-0.2, 0) is 6.42 Å². The minimum Gasteiger partial charge on any atom is -0.317 e. The molecule has 3 heteroatoms. The van der Waals surface area contributed by atoms with Gasteiger partial charge in [0, 0.05) is 12.1 Å². The van der Waals surface area contributed by atoms with Crippen LogP contribution in [0.25, 0.3) is 0 Å². The third kappa shape index (κ3) is 4.27. The maximum Gasteiger partial charge on any atom is 0.129 e. The van der Waals surface area contributed by atoms with Crippen LogP contribution < -0.4 is 5.32 Å². The summed E-state index contributed by atoms with van der Waals surface area (Å²) in [6, 6.07) is 4.16. The first kappa shape index (κ1) is 14.4. The number of likely N-dealkylation sites (N-methyl/N-ethyl adjacent to an activating group) is 1. The summed E-state index contributed by atoms with van der Waals surface area (Å²) in [5.41, 5.74) is 0.608. The van der Waals surface area contributed by atoms with Gasteiger partial charge in [-0.25, -0.2) is 8.78 Å². The van der Waals surface area contributed by atoms with Gasteiger partial charge in [0.15, 0.2) is 0 Å². The lowest BCUT2D eigenvalue weighted by Crippen LogP contribution is -2.31. The van der Waals surface area contributed by atoms with Crippen LogP contribution in [0.4, 0.5) is 8.78 Å². The predicted molar refractivity (Wildman–Crippen MR) is 74.1 cm³/mol. The second-order valence-electron chi connectivity index (χ2n) is 5.67. The lowest BCUT2D eigenvalue weighted by molar-refractivity contribution is 0.302. The molecule has 0 heterocycles. The number of hydrogen-bond acceptors (Lipinski definition) is 1. The van der Waals surface area contributed by atoms with E-state index in [0.717, 1.165) is 18.4 Å². The van der Waals surface area contributed by atoms with Crippen LogP contribution in [0.1, 0.15) is 44.1 Å². The minimum atomic E-state index is -0.505. The molecule has 0 amide bonds. The van der Waals surface area contributed by atoms with E-state index in [1.54, 1.807) is 6.07 Å². The Morgan fingerprint density at radius 2 is 1.95 bits per heavy atom. The molecule has 0 aromatic heterocycles. The first-order chi connectivity index (χ1) is 9.19. The fourth-order valence-electron chi connectivity index (χ4n) is 3.08. The highest BCUT2D eigenvalue weighted by Crippen LogP contribution is 2.28. The Kier molecular flexibility index (Phi) is 5.32. The standard InChI is InChI=1S/C16H23F2N/c1-19-15(9-12-5-3-2-4-6-12)10-13-7-8-14(17)11-16(13)18/h7-8,11-12,15,19H,2-6,9-10H2,1H3. The van der Waals surface area contributed by atoms with Gasteiger partial charge >= 0.3 is 0 Å². The lowest BCUT2D eigenvalue weighted by Gasteiger charge is -2.26. The van der Waals surface area contributed by atoms with Gasteiger partial charge in [-0.2, -0.15) is 0 Å². The Hall–Kier alpha value is -0.960. The average molecular weight is 267 g/mol. The van der Waals surface area contributed by atoms with E-state index in [1.807, 2.05) is 7.05 Å². The molecule has 1 N–H and O–H groups in total. The van der Waals surface area contributed by atoms with Gasteiger partial charge in [0.2, 0.25) is 0 Å². The van der Waals surface area contributed by atoms with E-state index in [9.17, 15) is 8.78 Å². The number of halogens is 2. The summed E-state index contributed by atoms with van der Waals surface area (Å²) in [6.45, 7) is 0. The van der Waals surface area contributed by atoms with Gasteiger partial charge in [0.25, 0.3) is 0 Å². The smallest absolute Gasteiger partial charge is 0.129 e. The molecule has 0 spiro atoms. The topological polar surface area (TPSA) is 12.0 Å².